The van der Waals surface area contributed by atoms with Crippen LogP contribution in [0.1, 0.15) is 0 Å². The first-order valence-electron chi connectivity index (χ1n) is 17.5. The molecule has 0 radical (unpaired) electrons. The highest BCUT2D eigenvalue weighted by Crippen LogP contribution is 2.46. The molecule has 0 saturated heterocycles. The molecular weight excluding hydrogens is 637 g/mol. The largest absolute Gasteiger partial charge is 0.456 e. The first kappa shape index (κ1) is 28.8. The summed E-state index contributed by atoms with van der Waals surface area (Å²) in [7, 11) is 0. The average Bonchev–Trinajstić information content (AvgIpc) is 3.79. The van der Waals surface area contributed by atoms with Crippen molar-refractivity contribution in [2.75, 3.05) is 0 Å². The van der Waals surface area contributed by atoms with E-state index < -0.39 is 0 Å². The van der Waals surface area contributed by atoms with Crippen molar-refractivity contribution in [3.05, 3.63) is 170 Å². The number of nitrogens with zero attached hydrogens (tertiary/aromatic N) is 2. The number of aromatic nitrogens is 2. The Labute approximate surface area is 298 Å². The topological polar surface area (TPSA) is 52.1 Å². The molecule has 0 N–H and O–H groups in total. The standard InChI is InChI=1S/C48H28N2O2/c1-2-13-29(14-3-1)39-28-40(38-27-30-15-4-5-16-31(30)32-17-6-7-18-33(32)38)50-48(49-39)47-35(25-26-44-46(47)37-20-9-11-23-42(37)52-44)34-21-12-24-43-45(34)36-19-8-10-22-41(36)51-43/h1-28H. The lowest BCUT2D eigenvalue weighted by molar-refractivity contribution is 0.669. The Morgan fingerprint density at radius 1 is 0.346 bits per heavy atom. The number of hydrogen-bond donors (Lipinski definition) is 0. The van der Waals surface area contributed by atoms with Crippen LogP contribution in [0.4, 0.5) is 0 Å². The molecule has 0 saturated carbocycles. The second-order valence-electron chi connectivity index (χ2n) is 13.3. The van der Waals surface area contributed by atoms with E-state index in [1.807, 2.05) is 36.4 Å². The van der Waals surface area contributed by atoms with E-state index in [-0.39, 0.29) is 0 Å². The van der Waals surface area contributed by atoms with Crippen molar-refractivity contribution in [1.82, 2.24) is 9.97 Å². The fraction of sp³-hybridized carbons (Fsp3) is 0. The molecule has 11 aromatic rings. The van der Waals surface area contributed by atoms with Crippen LogP contribution >= 0.6 is 0 Å². The van der Waals surface area contributed by atoms with Gasteiger partial charge in [0.15, 0.2) is 5.82 Å². The van der Waals surface area contributed by atoms with E-state index in [9.17, 15) is 0 Å². The van der Waals surface area contributed by atoms with Gasteiger partial charge in [0.05, 0.1) is 11.4 Å². The van der Waals surface area contributed by atoms with Crippen LogP contribution < -0.4 is 0 Å². The lowest BCUT2D eigenvalue weighted by Crippen LogP contribution is -1.99. The summed E-state index contributed by atoms with van der Waals surface area (Å²) in [5, 5.41) is 8.86. The zero-order chi connectivity index (χ0) is 34.2. The van der Waals surface area contributed by atoms with Gasteiger partial charge in [-0.3, -0.25) is 0 Å². The van der Waals surface area contributed by atoms with E-state index >= 15 is 0 Å². The average molecular weight is 665 g/mol. The lowest BCUT2D eigenvalue weighted by atomic mass is 9.91. The van der Waals surface area contributed by atoms with Gasteiger partial charge in [0, 0.05) is 38.2 Å². The third kappa shape index (κ3) is 4.34. The van der Waals surface area contributed by atoms with Crippen LogP contribution in [-0.2, 0) is 0 Å². The Balaban J connectivity index is 1.29. The summed E-state index contributed by atoms with van der Waals surface area (Å²) in [6, 6.07) is 58.9. The summed E-state index contributed by atoms with van der Waals surface area (Å²) in [4.78, 5) is 11.0. The van der Waals surface area contributed by atoms with Crippen molar-refractivity contribution in [2.24, 2.45) is 0 Å². The van der Waals surface area contributed by atoms with E-state index in [1.165, 1.54) is 16.2 Å². The molecule has 0 atom stereocenters. The first-order valence-corrected chi connectivity index (χ1v) is 17.5. The molecule has 3 heterocycles. The Bertz CT molecular complexity index is 3190. The van der Waals surface area contributed by atoms with Gasteiger partial charge in [-0.2, -0.15) is 0 Å². The van der Waals surface area contributed by atoms with Gasteiger partial charge < -0.3 is 8.83 Å². The lowest BCUT2D eigenvalue weighted by Gasteiger charge is -2.16. The zero-order valence-electron chi connectivity index (χ0n) is 27.9. The van der Waals surface area contributed by atoms with Crippen LogP contribution in [0, 0.1) is 0 Å². The minimum Gasteiger partial charge on any atom is -0.456 e. The van der Waals surface area contributed by atoms with Gasteiger partial charge in [-0.15, -0.1) is 0 Å². The number of furan rings is 2. The Kier molecular flexibility index (Phi) is 6.22. The highest BCUT2D eigenvalue weighted by atomic mass is 16.3. The fourth-order valence-electron chi connectivity index (χ4n) is 7.99. The Morgan fingerprint density at radius 2 is 0.942 bits per heavy atom. The van der Waals surface area contributed by atoms with Crippen molar-refractivity contribution >= 4 is 65.4 Å². The number of para-hydroxylation sites is 2. The zero-order valence-corrected chi connectivity index (χ0v) is 27.9. The van der Waals surface area contributed by atoms with Gasteiger partial charge in [0.2, 0.25) is 0 Å². The van der Waals surface area contributed by atoms with Crippen molar-refractivity contribution in [3.63, 3.8) is 0 Å². The molecule has 0 aliphatic heterocycles. The molecular formula is C48H28N2O2. The number of hydrogen-bond acceptors (Lipinski definition) is 4. The minimum absolute atomic E-state index is 0.630. The molecule has 4 nitrogen and oxygen atoms in total. The van der Waals surface area contributed by atoms with E-state index in [0.717, 1.165) is 88.5 Å². The van der Waals surface area contributed by atoms with Gasteiger partial charge in [0.25, 0.3) is 0 Å². The van der Waals surface area contributed by atoms with E-state index in [2.05, 4.69) is 133 Å². The van der Waals surface area contributed by atoms with Crippen LogP contribution in [0.25, 0.3) is 110 Å². The first-order chi connectivity index (χ1) is 25.8. The SMILES string of the molecule is c1ccc(-c2cc(-c3cc4ccccc4c4ccccc34)nc(-c3c(-c4cccc5oc6ccccc6c45)ccc4oc5ccccc5c34)n2)cc1. The van der Waals surface area contributed by atoms with Crippen LogP contribution in [0.15, 0.2) is 179 Å². The molecule has 52 heavy (non-hydrogen) atoms. The molecule has 0 spiro atoms. The molecule has 8 aromatic carbocycles. The summed E-state index contributed by atoms with van der Waals surface area (Å²) in [5.74, 6) is 0.630. The van der Waals surface area contributed by atoms with E-state index in [0.29, 0.717) is 5.82 Å². The van der Waals surface area contributed by atoms with E-state index in [1.54, 1.807) is 0 Å². The molecule has 0 amide bonds. The molecule has 4 heteroatoms. The molecule has 242 valence electrons. The Hall–Kier alpha value is -7.04. The second kappa shape index (κ2) is 11.2. The number of rotatable bonds is 4. The Morgan fingerprint density at radius 3 is 1.73 bits per heavy atom. The highest BCUT2D eigenvalue weighted by Gasteiger charge is 2.24. The van der Waals surface area contributed by atoms with Crippen molar-refractivity contribution < 1.29 is 8.83 Å². The normalized spacial score (nSPS) is 11.8. The maximum Gasteiger partial charge on any atom is 0.161 e. The molecule has 3 aromatic heterocycles. The van der Waals surface area contributed by atoms with E-state index in [4.69, 9.17) is 18.8 Å². The van der Waals surface area contributed by atoms with Crippen molar-refractivity contribution in [1.29, 1.82) is 0 Å². The van der Waals surface area contributed by atoms with Gasteiger partial charge >= 0.3 is 0 Å². The van der Waals surface area contributed by atoms with Crippen LogP contribution in [0.5, 0.6) is 0 Å². The molecule has 0 aliphatic rings. The summed E-state index contributed by atoms with van der Waals surface area (Å²) in [5.41, 5.74) is 10.1. The quantitative estimate of drug-likeness (QED) is 0.176. The van der Waals surface area contributed by atoms with Crippen molar-refractivity contribution in [3.8, 4) is 45.0 Å². The van der Waals surface area contributed by atoms with Crippen LogP contribution in [0.2, 0.25) is 0 Å². The van der Waals surface area contributed by atoms with Gasteiger partial charge in [-0.1, -0.05) is 127 Å². The third-order valence-corrected chi connectivity index (χ3v) is 10.3. The van der Waals surface area contributed by atoms with Gasteiger partial charge in [-0.25, -0.2) is 9.97 Å². The second-order valence-corrected chi connectivity index (χ2v) is 13.3. The molecule has 0 aliphatic carbocycles. The maximum atomic E-state index is 6.51. The smallest absolute Gasteiger partial charge is 0.161 e. The molecule has 0 unspecified atom stereocenters. The molecule has 0 bridgehead atoms. The fourth-order valence-corrected chi connectivity index (χ4v) is 7.99. The van der Waals surface area contributed by atoms with Gasteiger partial charge in [0.1, 0.15) is 22.3 Å². The number of fused-ring (bicyclic) bond motifs is 9. The monoisotopic (exact) mass is 664 g/mol. The molecule has 11 rings (SSSR count). The predicted molar refractivity (Wildman–Crippen MR) is 213 cm³/mol. The molecule has 0 fully saturated rings. The number of benzene rings is 8. The van der Waals surface area contributed by atoms with Crippen LogP contribution in [-0.4, -0.2) is 9.97 Å². The maximum absolute atomic E-state index is 6.51. The highest BCUT2D eigenvalue weighted by molar-refractivity contribution is 6.20. The van der Waals surface area contributed by atoms with Crippen LogP contribution in [0.3, 0.4) is 0 Å². The summed E-state index contributed by atoms with van der Waals surface area (Å²) < 4.78 is 12.9. The summed E-state index contributed by atoms with van der Waals surface area (Å²) >= 11 is 0. The summed E-state index contributed by atoms with van der Waals surface area (Å²) in [6.07, 6.45) is 0. The third-order valence-electron chi connectivity index (χ3n) is 10.3. The van der Waals surface area contributed by atoms with Crippen molar-refractivity contribution in [2.45, 2.75) is 0 Å². The van der Waals surface area contributed by atoms with Gasteiger partial charge in [-0.05, 0) is 75.1 Å². The predicted octanol–water partition coefficient (Wildman–Crippen LogP) is 13.2. The minimum atomic E-state index is 0.630. The summed E-state index contributed by atoms with van der Waals surface area (Å²) in [6.45, 7) is 0.